The molecule has 1 aromatic carbocycles. The number of carbonyl (C=O) groups is 2. The van der Waals surface area contributed by atoms with Crippen molar-refractivity contribution in [3.8, 4) is 0 Å². The predicted molar refractivity (Wildman–Crippen MR) is 84.6 cm³/mol. The fraction of sp³-hybridized carbons (Fsp3) is 0.0714. The molecule has 0 saturated heterocycles. The van der Waals surface area contributed by atoms with E-state index in [0.717, 1.165) is 0 Å². The number of rotatable bonds is 4. The number of carbonyl (C=O) groups excluding carboxylic acids is 2. The Hall–Kier alpha value is -1.82. The molecule has 0 atom stereocenters. The van der Waals surface area contributed by atoms with E-state index < -0.39 is 18.5 Å². The summed E-state index contributed by atoms with van der Waals surface area (Å²) < 4.78 is 4.88. The number of amides is 1. The fourth-order valence-electron chi connectivity index (χ4n) is 1.53. The maximum absolute atomic E-state index is 11.8. The summed E-state index contributed by atoms with van der Waals surface area (Å²) in [6, 6.07) is 7.52. The summed E-state index contributed by atoms with van der Waals surface area (Å²) in [5.41, 5.74) is 0.452. The van der Waals surface area contributed by atoms with Gasteiger partial charge in [-0.3, -0.25) is 4.79 Å². The minimum atomic E-state index is -0.728. The van der Waals surface area contributed by atoms with E-state index in [0.29, 0.717) is 10.7 Å². The van der Waals surface area contributed by atoms with E-state index in [2.05, 4.69) is 10.3 Å². The Bertz CT molecular complexity index is 722. The number of nitrogens with zero attached hydrogens (tertiary/aromatic N) is 1. The van der Waals surface area contributed by atoms with Crippen molar-refractivity contribution in [2.75, 3.05) is 11.9 Å². The van der Waals surface area contributed by atoms with Gasteiger partial charge in [0.25, 0.3) is 5.91 Å². The smallest absolute Gasteiger partial charge is 0.340 e. The average Bonchev–Trinajstić information content (AvgIpc) is 2.47. The van der Waals surface area contributed by atoms with Gasteiger partial charge in [0, 0.05) is 11.2 Å². The molecule has 1 N–H and O–H groups in total. The van der Waals surface area contributed by atoms with Crippen LogP contribution in [0.3, 0.4) is 0 Å². The van der Waals surface area contributed by atoms with E-state index >= 15 is 0 Å². The Morgan fingerprint density at radius 2 is 1.95 bits per heavy atom. The van der Waals surface area contributed by atoms with Crippen molar-refractivity contribution >= 4 is 52.4 Å². The van der Waals surface area contributed by atoms with Crippen LogP contribution in [0.25, 0.3) is 0 Å². The highest BCUT2D eigenvalue weighted by atomic mass is 35.5. The summed E-state index contributed by atoms with van der Waals surface area (Å²) in [5.74, 6) is -1.28. The van der Waals surface area contributed by atoms with Crippen LogP contribution in [0.2, 0.25) is 15.2 Å². The van der Waals surface area contributed by atoms with Crippen LogP contribution in [0, 0.1) is 0 Å². The molecule has 114 valence electrons. The highest BCUT2D eigenvalue weighted by molar-refractivity contribution is 6.36. The first kappa shape index (κ1) is 16.5. The zero-order valence-corrected chi connectivity index (χ0v) is 13.2. The van der Waals surface area contributed by atoms with Crippen LogP contribution >= 0.6 is 34.8 Å². The van der Waals surface area contributed by atoms with Gasteiger partial charge < -0.3 is 10.1 Å². The molecule has 0 aliphatic carbocycles. The number of ether oxygens (including phenoxy) is 1. The van der Waals surface area contributed by atoms with Gasteiger partial charge in [-0.2, -0.15) is 0 Å². The first-order chi connectivity index (χ1) is 10.5. The maximum atomic E-state index is 11.8. The lowest BCUT2D eigenvalue weighted by Gasteiger charge is -2.08. The molecule has 1 heterocycles. The van der Waals surface area contributed by atoms with Crippen LogP contribution in [-0.2, 0) is 9.53 Å². The van der Waals surface area contributed by atoms with E-state index in [4.69, 9.17) is 39.5 Å². The lowest BCUT2D eigenvalue weighted by atomic mass is 10.2. The average molecular weight is 360 g/mol. The lowest BCUT2D eigenvalue weighted by molar-refractivity contribution is -0.119. The van der Waals surface area contributed by atoms with Crippen molar-refractivity contribution < 1.29 is 14.3 Å². The van der Waals surface area contributed by atoms with E-state index in [1.165, 1.54) is 24.4 Å². The van der Waals surface area contributed by atoms with Gasteiger partial charge in [-0.05, 0) is 30.3 Å². The minimum absolute atomic E-state index is 0.123. The lowest BCUT2D eigenvalue weighted by Crippen LogP contribution is -2.21. The third-order valence-corrected chi connectivity index (χ3v) is 3.37. The summed E-state index contributed by atoms with van der Waals surface area (Å²) in [7, 11) is 0. The van der Waals surface area contributed by atoms with Crippen LogP contribution < -0.4 is 5.32 Å². The summed E-state index contributed by atoms with van der Waals surface area (Å²) in [4.78, 5) is 27.4. The molecule has 2 aromatic rings. The van der Waals surface area contributed by atoms with Gasteiger partial charge in [0.1, 0.15) is 0 Å². The van der Waals surface area contributed by atoms with Gasteiger partial charge in [-0.15, -0.1) is 0 Å². The number of hydrogen-bond donors (Lipinski definition) is 1. The summed E-state index contributed by atoms with van der Waals surface area (Å²) in [6.45, 7) is -0.483. The van der Waals surface area contributed by atoms with Gasteiger partial charge in [-0.1, -0.05) is 34.8 Å². The Morgan fingerprint density at radius 3 is 2.64 bits per heavy atom. The number of halogens is 3. The molecular weight excluding hydrogens is 351 g/mol. The van der Waals surface area contributed by atoms with E-state index in [-0.39, 0.29) is 15.7 Å². The third-order valence-electron chi connectivity index (χ3n) is 2.52. The first-order valence-electron chi connectivity index (χ1n) is 6.00. The van der Waals surface area contributed by atoms with Gasteiger partial charge in [0.2, 0.25) is 0 Å². The van der Waals surface area contributed by atoms with Crippen molar-refractivity contribution in [3.05, 3.63) is 57.3 Å². The first-order valence-corrected chi connectivity index (χ1v) is 7.13. The highest BCUT2D eigenvalue weighted by Crippen LogP contribution is 2.22. The highest BCUT2D eigenvalue weighted by Gasteiger charge is 2.14. The van der Waals surface area contributed by atoms with Gasteiger partial charge in [0.05, 0.1) is 16.3 Å². The van der Waals surface area contributed by atoms with Crippen molar-refractivity contribution in [3.63, 3.8) is 0 Å². The monoisotopic (exact) mass is 358 g/mol. The number of hydrogen-bond acceptors (Lipinski definition) is 4. The molecule has 0 bridgehead atoms. The van der Waals surface area contributed by atoms with Crippen molar-refractivity contribution in [1.82, 2.24) is 4.98 Å². The second-order valence-corrected chi connectivity index (χ2v) is 5.29. The van der Waals surface area contributed by atoms with E-state index in [9.17, 15) is 9.59 Å². The molecule has 0 aliphatic rings. The largest absolute Gasteiger partial charge is 0.452 e. The molecule has 2 rings (SSSR count). The molecular formula is C14H9Cl3N2O3. The van der Waals surface area contributed by atoms with Gasteiger partial charge >= 0.3 is 5.97 Å². The standard InChI is InChI=1S/C14H9Cl3N2O3/c15-8-3-4-9(10(16)6-8)14(21)22-7-12(20)19-11-2-1-5-18-13(11)17/h1-6H,7H2,(H,19,20). The quantitative estimate of drug-likeness (QED) is 0.665. The second kappa shape index (κ2) is 7.45. The Morgan fingerprint density at radius 1 is 1.18 bits per heavy atom. The maximum Gasteiger partial charge on any atom is 0.340 e. The fourth-order valence-corrected chi connectivity index (χ4v) is 2.18. The zero-order valence-electron chi connectivity index (χ0n) is 11.0. The van der Waals surface area contributed by atoms with Crippen molar-refractivity contribution in [1.29, 1.82) is 0 Å². The summed E-state index contributed by atoms with van der Waals surface area (Å²) >= 11 is 17.4. The van der Waals surface area contributed by atoms with E-state index in [1.807, 2.05) is 0 Å². The molecule has 0 radical (unpaired) electrons. The summed E-state index contributed by atoms with van der Waals surface area (Å²) in [5, 5.41) is 3.16. The number of aromatic nitrogens is 1. The van der Waals surface area contributed by atoms with Gasteiger partial charge in [0.15, 0.2) is 11.8 Å². The molecule has 0 aliphatic heterocycles. The van der Waals surface area contributed by atoms with Crippen LogP contribution in [-0.4, -0.2) is 23.5 Å². The second-order valence-electron chi connectivity index (χ2n) is 4.09. The molecule has 1 aromatic heterocycles. The number of pyridine rings is 1. The molecule has 5 nitrogen and oxygen atoms in total. The topological polar surface area (TPSA) is 68.3 Å². The minimum Gasteiger partial charge on any atom is -0.452 e. The number of nitrogens with one attached hydrogen (secondary N) is 1. The van der Waals surface area contributed by atoms with Gasteiger partial charge in [-0.25, -0.2) is 9.78 Å². The Labute approximate surface area is 141 Å². The van der Waals surface area contributed by atoms with Crippen LogP contribution in [0.1, 0.15) is 10.4 Å². The molecule has 22 heavy (non-hydrogen) atoms. The number of benzene rings is 1. The Balaban J connectivity index is 1.93. The molecule has 0 saturated carbocycles. The van der Waals surface area contributed by atoms with Crippen LogP contribution in [0.4, 0.5) is 5.69 Å². The number of esters is 1. The van der Waals surface area contributed by atoms with Crippen LogP contribution in [0.5, 0.6) is 0 Å². The SMILES string of the molecule is O=C(COC(=O)c1ccc(Cl)cc1Cl)Nc1cccnc1Cl. The number of anilines is 1. The zero-order chi connectivity index (χ0) is 16.1. The molecule has 0 spiro atoms. The normalized spacial score (nSPS) is 10.1. The predicted octanol–water partition coefficient (Wildman–Crippen LogP) is 3.84. The Kier molecular flexibility index (Phi) is 5.60. The molecule has 8 heteroatoms. The third kappa shape index (κ3) is 4.34. The molecule has 0 fully saturated rings. The van der Waals surface area contributed by atoms with Crippen molar-refractivity contribution in [2.45, 2.75) is 0 Å². The molecule has 1 amide bonds. The molecule has 0 unspecified atom stereocenters. The van der Waals surface area contributed by atoms with Crippen LogP contribution in [0.15, 0.2) is 36.5 Å². The van der Waals surface area contributed by atoms with Crippen molar-refractivity contribution in [2.24, 2.45) is 0 Å². The summed E-state index contributed by atoms with van der Waals surface area (Å²) in [6.07, 6.45) is 1.49. The van der Waals surface area contributed by atoms with E-state index in [1.54, 1.807) is 12.1 Å².